The van der Waals surface area contributed by atoms with Crippen molar-refractivity contribution in [2.45, 2.75) is 44.8 Å². The highest BCUT2D eigenvalue weighted by Gasteiger charge is 2.31. The maximum Gasteiger partial charge on any atom is 0.416 e. The molecular formula is C20H23F3N2O2S. The summed E-state index contributed by atoms with van der Waals surface area (Å²) >= 11 is 1.43. The highest BCUT2D eigenvalue weighted by atomic mass is 32.1. The Labute approximate surface area is 166 Å². The van der Waals surface area contributed by atoms with Crippen LogP contribution in [0.4, 0.5) is 13.2 Å². The Kier molecular flexibility index (Phi) is 8.04. The average molecular weight is 412 g/mol. The topological polar surface area (TPSA) is 58.2 Å². The van der Waals surface area contributed by atoms with E-state index in [1.165, 1.54) is 17.4 Å². The van der Waals surface area contributed by atoms with Gasteiger partial charge in [-0.05, 0) is 42.0 Å². The molecule has 0 aliphatic rings. The molecule has 0 unspecified atom stereocenters. The second kappa shape index (κ2) is 10.3. The van der Waals surface area contributed by atoms with Gasteiger partial charge in [0.15, 0.2) is 0 Å². The average Bonchev–Trinajstić information content (AvgIpc) is 3.19. The van der Waals surface area contributed by atoms with Crippen LogP contribution in [0.15, 0.2) is 41.1 Å². The Balaban J connectivity index is 1.86. The number of rotatable bonds is 9. The van der Waals surface area contributed by atoms with E-state index < -0.39 is 17.8 Å². The lowest BCUT2D eigenvalue weighted by molar-refractivity contribution is -0.137. The van der Waals surface area contributed by atoms with E-state index in [0.29, 0.717) is 30.5 Å². The molecule has 2 N–H and O–H groups in total. The van der Waals surface area contributed by atoms with Crippen molar-refractivity contribution in [3.63, 3.8) is 0 Å². The summed E-state index contributed by atoms with van der Waals surface area (Å²) in [5.41, 5.74) is 0.300. The van der Waals surface area contributed by atoms with Crippen LogP contribution in [0.1, 0.15) is 60.1 Å². The van der Waals surface area contributed by atoms with E-state index in [4.69, 9.17) is 0 Å². The van der Waals surface area contributed by atoms with Gasteiger partial charge < -0.3 is 10.6 Å². The van der Waals surface area contributed by atoms with E-state index >= 15 is 0 Å². The number of halogens is 3. The highest BCUT2D eigenvalue weighted by molar-refractivity contribution is 7.08. The van der Waals surface area contributed by atoms with E-state index in [1.807, 2.05) is 12.3 Å². The molecule has 2 aromatic rings. The number of amides is 2. The van der Waals surface area contributed by atoms with Crippen molar-refractivity contribution in [1.82, 2.24) is 10.6 Å². The van der Waals surface area contributed by atoms with Crippen molar-refractivity contribution in [2.24, 2.45) is 0 Å². The molecule has 0 fully saturated rings. The van der Waals surface area contributed by atoms with Crippen LogP contribution in [0.5, 0.6) is 0 Å². The Bertz CT molecular complexity index is 776. The summed E-state index contributed by atoms with van der Waals surface area (Å²) in [6, 6.07) is 6.30. The van der Waals surface area contributed by atoms with Crippen LogP contribution in [0.25, 0.3) is 0 Å². The number of carbonyl (C=O) groups excluding carboxylic acids is 2. The van der Waals surface area contributed by atoms with Gasteiger partial charge in [-0.3, -0.25) is 9.59 Å². The molecule has 8 heteroatoms. The summed E-state index contributed by atoms with van der Waals surface area (Å²) in [7, 11) is 0. The van der Waals surface area contributed by atoms with E-state index in [2.05, 4.69) is 10.6 Å². The molecule has 0 aliphatic carbocycles. The second-order valence-corrected chi connectivity index (χ2v) is 7.18. The number of hydrogen-bond acceptors (Lipinski definition) is 3. The van der Waals surface area contributed by atoms with Gasteiger partial charge in [0.05, 0.1) is 11.6 Å². The lowest BCUT2D eigenvalue weighted by atomic mass is 9.99. The number of alkyl halides is 3. The first-order chi connectivity index (χ1) is 13.3. The standard InChI is InChI=1S/C20H23F3N2O2S/c1-2-5-17(14-6-3-7-16(12-14)20(21,22)23)25-18(26)8-4-10-24-19(27)15-9-11-28-13-15/h3,6-7,9,11-13,17H,2,4-5,8,10H2,1H3,(H,24,27)(H,25,26)/t17-/m0/s1. The van der Waals surface area contributed by atoms with Crippen molar-refractivity contribution in [3.05, 3.63) is 57.8 Å². The van der Waals surface area contributed by atoms with E-state index in [1.54, 1.807) is 17.5 Å². The van der Waals surface area contributed by atoms with E-state index in [0.717, 1.165) is 18.6 Å². The molecule has 1 atom stereocenters. The first-order valence-electron chi connectivity index (χ1n) is 9.08. The third-order valence-corrected chi connectivity index (χ3v) is 4.86. The van der Waals surface area contributed by atoms with Crippen LogP contribution in [-0.2, 0) is 11.0 Å². The third-order valence-electron chi connectivity index (χ3n) is 4.18. The molecular weight excluding hydrogens is 389 g/mol. The van der Waals surface area contributed by atoms with Crippen molar-refractivity contribution in [3.8, 4) is 0 Å². The van der Waals surface area contributed by atoms with Crippen LogP contribution >= 0.6 is 11.3 Å². The van der Waals surface area contributed by atoms with Crippen LogP contribution in [0, 0.1) is 0 Å². The Morgan fingerprint density at radius 1 is 1.21 bits per heavy atom. The molecule has 1 aromatic carbocycles. The fourth-order valence-corrected chi connectivity index (χ4v) is 3.39. The quantitative estimate of drug-likeness (QED) is 0.574. The van der Waals surface area contributed by atoms with Crippen molar-refractivity contribution < 1.29 is 22.8 Å². The lowest BCUT2D eigenvalue weighted by Gasteiger charge is -2.20. The zero-order chi connectivity index (χ0) is 20.6. The second-order valence-electron chi connectivity index (χ2n) is 6.40. The van der Waals surface area contributed by atoms with Gasteiger partial charge in [-0.2, -0.15) is 24.5 Å². The molecule has 0 bridgehead atoms. The number of nitrogens with one attached hydrogen (secondary N) is 2. The van der Waals surface area contributed by atoms with Gasteiger partial charge in [-0.25, -0.2) is 0 Å². The van der Waals surface area contributed by atoms with Gasteiger partial charge >= 0.3 is 6.18 Å². The first kappa shape index (κ1) is 21.9. The SMILES string of the molecule is CCC[C@H](NC(=O)CCCNC(=O)c1ccsc1)c1cccc(C(F)(F)F)c1. The van der Waals surface area contributed by atoms with Crippen molar-refractivity contribution in [2.75, 3.05) is 6.54 Å². The highest BCUT2D eigenvalue weighted by Crippen LogP contribution is 2.31. The fraction of sp³-hybridized carbons (Fsp3) is 0.400. The molecule has 1 heterocycles. The molecule has 152 valence electrons. The predicted molar refractivity (Wildman–Crippen MR) is 103 cm³/mol. The van der Waals surface area contributed by atoms with Crippen LogP contribution < -0.4 is 10.6 Å². The zero-order valence-corrected chi connectivity index (χ0v) is 16.3. The predicted octanol–water partition coefficient (Wildman–Crippen LogP) is 4.93. The molecule has 4 nitrogen and oxygen atoms in total. The van der Waals surface area contributed by atoms with Gasteiger partial charge in [0.25, 0.3) is 5.91 Å². The maximum absolute atomic E-state index is 12.9. The van der Waals surface area contributed by atoms with Gasteiger partial charge in [-0.1, -0.05) is 25.5 Å². The number of hydrogen-bond donors (Lipinski definition) is 2. The Morgan fingerprint density at radius 3 is 2.64 bits per heavy atom. The van der Waals surface area contributed by atoms with Crippen LogP contribution in [0.3, 0.4) is 0 Å². The minimum Gasteiger partial charge on any atom is -0.352 e. The van der Waals surface area contributed by atoms with Gasteiger partial charge in [0.2, 0.25) is 5.91 Å². The van der Waals surface area contributed by atoms with Gasteiger partial charge in [0, 0.05) is 23.9 Å². The molecule has 0 radical (unpaired) electrons. The van der Waals surface area contributed by atoms with E-state index in [-0.39, 0.29) is 18.2 Å². The summed E-state index contributed by atoms with van der Waals surface area (Å²) in [4.78, 5) is 24.0. The number of benzene rings is 1. The van der Waals surface area contributed by atoms with Crippen LogP contribution in [-0.4, -0.2) is 18.4 Å². The molecule has 2 rings (SSSR count). The summed E-state index contributed by atoms with van der Waals surface area (Å²) in [6.07, 6.45) is -2.52. The Hall–Kier alpha value is -2.35. The normalized spacial score (nSPS) is 12.4. The molecule has 0 aliphatic heterocycles. The Morgan fingerprint density at radius 2 is 2.00 bits per heavy atom. The molecule has 0 spiro atoms. The third kappa shape index (κ3) is 6.67. The smallest absolute Gasteiger partial charge is 0.352 e. The number of carbonyl (C=O) groups is 2. The van der Waals surface area contributed by atoms with Gasteiger partial charge in [-0.15, -0.1) is 0 Å². The summed E-state index contributed by atoms with van der Waals surface area (Å²) in [5, 5.41) is 9.10. The molecule has 1 aromatic heterocycles. The molecule has 0 saturated heterocycles. The van der Waals surface area contributed by atoms with Gasteiger partial charge in [0.1, 0.15) is 0 Å². The fourth-order valence-electron chi connectivity index (χ4n) is 2.76. The lowest BCUT2D eigenvalue weighted by Crippen LogP contribution is -2.30. The monoisotopic (exact) mass is 412 g/mol. The summed E-state index contributed by atoms with van der Waals surface area (Å²) in [6.45, 7) is 2.26. The number of thiophene rings is 1. The largest absolute Gasteiger partial charge is 0.416 e. The minimum absolute atomic E-state index is 0.184. The molecule has 0 saturated carbocycles. The van der Waals surface area contributed by atoms with Crippen LogP contribution in [0.2, 0.25) is 0 Å². The molecule has 2 amide bonds. The first-order valence-corrected chi connectivity index (χ1v) is 10.0. The molecule has 28 heavy (non-hydrogen) atoms. The zero-order valence-electron chi connectivity index (χ0n) is 15.5. The van der Waals surface area contributed by atoms with E-state index in [9.17, 15) is 22.8 Å². The summed E-state index contributed by atoms with van der Waals surface area (Å²) < 4.78 is 38.8. The maximum atomic E-state index is 12.9. The van der Waals surface area contributed by atoms with Crippen molar-refractivity contribution in [1.29, 1.82) is 0 Å². The van der Waals surface area contributed by atoms with Crippen molar-refractivity contribution >= 4 is 23.2 Å². The summed E-state index contributed by atoms with van der Waals surface area (Å²) in [5.74, 6) is -0.435. The minimum atomic E-state index is -4.42.